The Balaban J connectivity index is 2.48. The van der Waals surface area contributed by atoms with Crippen LogP contribution in [0.25, 0.3) is 0 Å². The zero-order valence-electron chi connectivity index (χ0n) is 5.26. The minimum atomic E-state index is 0.130. The van der Waals surface area contributed by atoms with Gasteiger partial charge in [0.15, 0.2) is 5.76 Å². The van der Waals surface area contributed by atoms with E-state index in [1.165, 1.54) is 0 Å². The maximum absolute atomic E-state index is 10.5. The average molecular weight is 127 g/mol. The lowest BCUT2D eigenvalue weighted by Crippen LogP contribution is -3.02. The topological polar surface area (TPSA) is 40.6 Å². The summed E-state index contributed by atoms with van der Waals surface area (Å²) >= 11 is 0. The highest BCUT2D eigenvalue weighted by molar-refractivity contribution is 4.95. The van der Waals surface area contributed by atoms with Gasteiger partial charge in [-0.25, -0.2) is 0 Å². The fraction of sp³-hybridized carbons (Fsp3) is 0.333. The molecule has 1 N–H and O–H groups in total. The number of hydrogen-bond acceptors (Lipinski definition) is 2. The van der Waals surface area contributed by atoms with Crippen molar-refractivity contribution in [1.82, 2.24) is 0 Å². The highest BCUT2D eigenvalue weighted by Gasteiger charge is 1.95. The van der Waals surface area contributed by atoms with E-state index in [4.69, 9.17) is 4.42 Å². The molecular weight excluding hydrogens is 118 g/mol. The van der Waals surface area contributed by atoms with Gasteiger partial charge in [0.05, 0.1) is 13.3 Å². The van der Waals surface area contributed by atoms with Gasteiger partial charge in [-0.3, -0.25) is 0 Å². The number of hydroxylamine groups is 2. The van der Waals surface area contributed by atoms with Crippen LogP contribution in [0.15, 0.2) is 22.8 Å². The molecule has 1 aromatic heterocycles. The maximum Gasteiger partial charge on any atom is 0.158 e. The maximum atomic E-state index is 10.5. The van der Waals surface area contributed by atoms with Gasteiger partial charge in [0, 0.05) is 0 Å². The second kappa shape index (κ2) is 2.66. The quantitative estimate of drug-likeness (QED) is 0.558. The smallest absolute Gasteiger partial charge is 0.158 e. The zero-order valence-corrected chi connectivity index (χ0v) is 5.26. The lowest BCUT2D eigenvalue weighted by atomic mass is 10.4. The van der Waals surface area contributed by atoms with Crippen LogP contribution in [0.1, 0.15) is 5.76 Å². The fourth-order valence-electron chi connectivity index (χ4n) is 0.659. The lowest BCUT2D eigenvalue weighted by molar-refractivity contribution is -0.841. The van der Waals surface area contributed by atoms with E-state index in [0.29, 0.717) is 6.54 Å². The molecule has 0 amide bonds. The molecule has 1 unspecified atom stereocenters. The minimum Gasteiger partial charge on any atom is -0.634 e. The molecule has 0 saturated carbocycles. The molecule has 0 aliphatic carbocycles. The van der Waals surface area contributed by atoms with Gasteiger partial charge >= 0.3 is 0 Å². The van der Waals surface area contributed by atoms with Crippen LogP contribution in [0.2, 0.25) is 0 Å². The predicted molar refractivity (Wildman–Crippen MR) is 32.7 cm³/mol. The molecule has 0 saturated heterocycles. The third kappa shape index (κ3) is 1.87. The van der Waals surface area contributed by atoms with Crippen LogP contribution in [0.3, 0.4) is 0 Å². The van der Waals surface area contributed by atoms with Crippen LogP contribution in [0.5, 0.6) is 0 Å². The van der Waals surface area contributed by atoms with Crippen LogP contribution in [-0.2, 0) is 6.54 Å². The molecule has 1 heterocycles. The molecule has 0 aromatic carbocycles. The molecule has 0 bridgehead atoms. The first-order chi connectivity index (χ1) is 4.29. The number of hydrogen-bond donors (Lipinski definition) is 1. The van der Waals surface area contributed by atoms with Crippen molar-refractivity contribution < 1.29 is 9.48 Å². The number of nitrogens with one attached hydrogen (secondary N) is 1. The van der Waals surface area contributed by atoms with Gasteiger partial charge in [-0.1, -0.05) is 0 Å². The molecule has 0 aliphatic heterocycles. The first-order valence-corrected chi connectivity index (χ1v) is 2.81. The third-order valence-corrected chi connectivity index (χ3v) is 1.00. The first kappa shape index (κ1) is 6.32. The lowest BCUT2D eigenvalue weighted by Gasteiger charge is -2.13. The predicted octanol–water partition coefficient (Wildman–Crippen LogP) is -0.208. The van der Waals surface area contributed by atoms with Crippen molar-refractivity contribution in [3.63, 3.8) is 0 Å². The van der Waals surface area contributed by atoms with Crippen molar-refractivity contribution in [2.24, 2.45) is 0 Å². The first-order valence-electron chi connectivity index (χ1n) is 2.81. The summed E-state index contributed by atoms with van der Waals surface area (Å²) in [6.07, 6.45) is 1.57. The fourth-order valence-corrected chi connectivity index (χ4v) is 0.659. The second-order valence-electron chi connectivity index (χ2n) is 1.96. The molecule has 3 nitrogen and oxygen atoms in total. The van der Waals surface area contributed by atoms with Crippen molar-refractivity contribution in [2.75, 3.05) is 7.05 Å². The number of quaternary nitrogens is 1. The molecule has 1 rings (SSSR count). The molecule has 1 atom stereocenters. The molecule has 1 aromatic rings. The van der Waals surface area contributed by atoms with E-state index >= 15 is 0 Å². The Morgan fingerprint density at radius 3 is 3.00 bits per heavy atom. The van der Waals surface area contributed by atoms with E-state index in [9.17, 15) is 5.21 Å². The van der Waals surface area contributed by atoms with Crippen molar-refractivity contribution in [3.8, 4) is 0 Å². The molecule has 0 aliphatic rings. The molecule has 0 radical (unpaired) electrons. The summed E-state index contributed by atoms with van der Waals surface area (Å²) in [6.45, 7) is 0.410. The Morgan fingerprint density at radius 2 is 2.56 bits per heavy atom. The monoisotopic (exact) mass is 127 g/mol. The Morgan fingerprint density at radius 1 is 1.78 bits per heavy atom. The Hall–Kier alpha value is -0.800. The summed E-state index contributed by atoms with van der Waals surface area (Å²) in [7, 11) is 1.54. The highest BCUT2D eigenvalue weighted by Crippen LogP contribution is 1.95. The Kier molecular flexibility index (Phi) is 1.87. The van der Waals surface area contributed by atoms with E-state index in [-0.39, 0.29) is 5.06 Å². The van der Waals surface area contributed by atoms with E-state index in [0.717, 1.165) is 5.76 Å². The van der Waals surface area contributed by atoms with Crippen LogP contribution in [-0.4, -0.2) is 7.05 Å². The average Bonchev–Trinajstić information content (AvgIpc) is 2.15. The third-order valence-electron chi connectivity index (χ3n) is 1.00. The Labute approximate surface area is 53.5 Å². The molecule has 0 spiro atoms. The molecular formula is C6H9NO2. The second-order valence-corrected chi connectivity index (χ2v) is 1.96. The van der Waals surface area contributed by atoms with Gasteiger partial charge in [-0.05, 0) is 12.1 Å². The van der Waals surface area contributed by atoms with Crippen molar-refractivity contribution >= 4 is 0 Å². The highest BCUT2D eigenvalue weighted by atomic mass is 16.5. The summed E-state index contributed by atoms with van der Waals surface area (Å²) in [6, 6.07) is 3.57. The standard InChI is InChI=1S/C6H9NO2/c1-7(8)5-6-3-2-4-9-6/h2-4,7H,5H2,1H3. The van der Waals surface area contributed by atoms with Crippen molar-refractivity contribution in [1.29, 1.82) is 0 Å². The van der Waals surface area contributed by atoms with Gasteiger partial charge < -0.3 is 14.7 Å². The Bertz CT molecular complexity index is 158. The summed E-state index contributed by atoms with van der Waals surface area (Å²) in [5, 5.41) is 10.6. The van der Waals surface area contributed by atoms with Crippen LogP contribution in [0, 0.1) is 5.21 Å². The van der Waals surface area contributed by atoms with Gasteiger partial charge in [-0.15, -0.1) is 0 Å². The van der Waals surface area contributed by atoms with Crippen LogP contribution < -0.4 is 5.06 Å². The summed E-state index contributed by atoms with van der Waals surface area (Å²) in [4.78, 5) is 0. The van der Waals surface area contributed by atoms with Gasteiger partial charge in [0.25, 0.3) is 0 Å². The number of rotatable bonds is 2. The zero-order chi connectivity index (χ0) is 6.69. The van der Waals surface area contributed by atoms with E-state index in [1.54, 1.807) is 25.4 Å². The van der Waals surface area contributed by atoms with E-state index in [2.05, 4.69) is 0 Å². The van der Waals surface area contributed by atoms with E-state index < -0.39 is 0 Å². The van der Waals surface area contributed by atoms with E-state index in [1.807, 2.05) is 0 Å². The minimum absolute atomic E-state index is 0.130. The van der Waals surface area contributed by atoms with Gasteiger partial charge in [0.2, 0.25) is 0 Å². The molecule has 9 heavy (non-hydrogen) atoms. The van der Waals surface area contributed by atoms with Crippen molar-refractivity contribution in [2.45, 2.75) is 6.54 Å². The van der Waals surface area contributed by atoms with Crippen LogP contribution in [0.4, 0.5) is 0 Å². The van der Waals surface area contributed by atoms with Crippen LogP contribution >= 0.6 is 0 Å². The number of furan rings is 1. The SMILES string of the molecule is C[NH+]([O-])Cc1ccco1. The molecule has 50 valence electrons. The summed E-state index contributed by atoms with van der Waals surface area (Å²) in [5.41, 5.74) is 0. The summed E-state index contributed by atoms with van der Waals surface area (Å²) in [5.74, 6) is 0.738. The van der Waals surface area contributed by atoms with Crippen molar-refractivity contribution in [3.05, 3.63) is 29.4 Å². The van der Waals surface area contributed by atoms with Gasteiger partial charge in [0.1, 0.15) is 6.54 Å². The summed E-state index contributed by atoms with van der Waals surface area (Å²) < 4.78 is 4.92. The largest absolute Gasteiger partial charge is 0.634 e. The molecule has 3 heteroatoms. The van der Waals surface area contributed by atoms with Gasteiger partial charge in [-0.2, -0.15) is 0 Å². The molecule has 0 fully saturated rings. The normalized spacial score (nSPS) is 13.6.